The molecule has 2 nitrogen and oxygen atoms in total. The van der Waals surface area contributed by atoms with Crippen molar-refractivity contribution < 1.29 is 10.2 Å². The normalized spacial score (nSPS) is 15.2. The zero-order valence-electron chi connectivity index (χ0n) is 7.74. The van der Waals surface area contributed by atoms with Crippen molar-refractivity contribution in [3.05, 3.63) is 34.3 Å². The number of aliphatic hydroxyl groups excluding tert-OH is 2. The Kier molecular flexibility index (Phi) is 4.20. The van der Waals surface area contributed by atoms with Crippen LogP contribution in [0.2, 0.25) is 5.02 Å². The van der Waals surface area contributed by atoms with Gasteiger partial charge in [0.15, 0.2) is 0 Å². The van der Waals surface area contributed by atoms with Crippen molar-refractivity contribution in [2.75, 3.05) is 5.88 Å². The Morgan fingerprint density at radius 3 is 2.57 bits per heavy atom. The zero-order chi connectivity index (χ0) is 10.7. The van der Waals surface area contributed by atoms with Gasteiger partial charge in [-0.05, 0) is 24.1 Å². The first-order chi connectivity index (χ1) is 6.57. The molecule has 0 spiro atoms. The topological polar surface area (TPSA) is 40.5 Å². The van der Waals surface area contributed by atoms with Gasteiger partial charge in [-0.25, -0.2) is 0 Å². The molecule has 0 aliphatic rings. The first-order valence-electron chi connectivity index (χ1n) is 4.25. The maximum Gasteiger partial charge on any atom is 0.106 e. The van der Waals surface area contributed by atoms with Gasteiger partial charge in [0, 0.05) is 5.02 Å². The van der Waals surface area contributed by atoms with Crippen molar-refractivity contribution in [2.24, 2.45) is 0 Å². The van der Waals surface area contributed by atoms with Crippen LogP contribution < -0.4 is 0 Å². The van der Waals surface area contributed by atoms with E-state index >= 15 is 0 Å². The standard InChI is InChI=1S/C10H12Cl2O2/c1-6-7(3-2-4-8(6)12)10(14)9(13)5-11/h2-4,9-10,13-14H,5H2,1H3. The van der Waals surface area contributed by atoms with Gasteiger partial charge in [-0.15, -0.1) is 11.6 Å². The second-order valence-electron chi connectivity index (χ2n) is 3.12. The lowest BCUT2D eigenvalue weighted by Gasteiger charge is -2.18. The van der Waals surface area contributed by atoms with Crippen LogP contribution in [-0.4, -0.2) is 22.2 Å². The van der Waals surface area contributed by atoms with Crippen LogP contribution in [0.1, 0.15) is 17.2 Å². The van der Waals surface area contributed by atoms with Crippen LogP contribution in [-0.2, 0) is 0 Å². The molecule has 14 heavy (non-hydrogen) atoms. The Morgan fingerprint density at radius 1 is 1.36 bits per heavy atom. The van der Waals surface area contributed by atoms with Gasteiger partial charge in [-0.1, -0.05) is 23.7 Å². The molecule has 0 aliphatic heterocycles. The molecule has 0 saturated heterocycles. The van der Waals surface area contributed by atoms with Gasteiger partial charge in [0.25, 0.3) is 0 Å². The number of rotatable bonds is 3. The summed E-state index contributed by atoms with van der Waals surface area (Å²) >= 11 is 11.3. The Hall–Kier alpha value is -0.280. The predicted molar refractivity (Wildman–Crippen MR) is 57.9 cm³/mol. The van der Waals surface area contributed by atoms with Crippen LogP contribution in [0, 0.1) is 6.92 Å². The predicted octanol–water partition coefficient (Wildman–Crippen LogP) is 2.28. The lowest BCUT2D eigenvalue weighted by molar-refractivity contribution is 0.0323. The van der Waals surface area contributed by atoms with Crippen LogP contribution in [0.25, 0.3) is 0 Å². The van der Waals surface area contributed by atoms with Crippen molar-refractivity contribution in [1.29, 1.82) is 0 Å². The van der Waals surface area contributed by atoms with E-state index in [1.165, 1.54) is 0 Å². The summed E-state index contributed by atoms with van der Waals surface area (Å²) in [5, 5.41) is 19.6. The molecular formula is C10H12Cl2O2. The summed E-state index contributed by atoms with van der Waals surface area (Å²) in [7, 11) is 0. The highest BCUT2D eigenvalue weighted by molar-refractivity contribution is 6.31. The summed E-state index contributed by atoms with van der Waals surface area (Å²) in [5.74, 6) is -0.00683. The van der Waals surface area contributed by atoms with Gasteiger partial charge in [-0.2, -0.15) is 0 Å². The second-order valence-corrected chi connectivity index (χ2v) is 3.84. The summed E-state index contributed by atoms with van der Waals surface area (Å²) in [5.41, 5.74) is 1.39. The Balaban J connectivity index is 3.01. The van der Waals surface area contributed by atoms with Crippen LogP contribution in [0.15, 0.2) is 18.2 Å². The number of hydrogen-bond donors (Lipinski definition) is 2. The Labute approximate surface area is 93.1 Å². The molecular weight excluding hydrogens is 223 g/mol. The molecule has 0 amide bonds. The van der Waals surface area contributed by atoms with Crippen LogP contribution in [0.5, 0.6) is 0 Å². The van der Waals surface area contributed by atoms with E-state index in [2.05, 4.69) is 0 Å². The van der Waals surface area contributed by atoms with Crippen LogP contribution in [0.3, 0.4) is 0 Å². The van der Waals surface area contributed by atoms with E-state index < -0.39 is 12.2 Å². The number of halogens is 2. The van der Waals surface area contributed by atoms with Crippen molar-refractivity contribution in [1.82, 2.24) is 0 Å². The van der Waals surface area contributed by atoms with E-state index in [0.29, 0.717) is 10.6 Å². The molecule has 78 valence electrons. The Bertz CT molecular complexity index is 315. The third-order valence-electron chi connectivity index (χ3n) is 2.15. The third kappa shape index (κ3) is 2.39. The molecule has 2 N–H and O–H groups in total. The molecule has 1 aromatic rings. The zero-order valence-corrected chi connectivity index (χ0v) is 9.26. The van der Waals surface area contributed by atoms with Gasteiger partial charge in [-0.3, -0.25) is 0 Å². The molecule has 0 radical (unpaired) electrons. The maximum atomic E-state index is 9.70. The average Bonchev–Trinajstić information content (AvgIpc) is 2.20. The minimum atomic E-state index is -0.980. The highest BCUT2D eigenvalue weighted by Crippen LogP contribution is 2.26. The van der Waals surface area contributed by atoms with Gasteiger partial charge in [0.05, 0.1) is 12.0 Å². The lowest BCUT2D eigenvalue weighted by atomic mass is 10.0. The SMILES string of the molecule is Cc1c(Cl)cccc1C(O)C(O)CCl. The summed E-state index contributed by atoms with van der Waals surface area (Å²) in [6.07, 6.45) is -1.94. The summed E-state index contributed by atoms with van der Waals surface area (Å²) in [6.45, 7) is 1.79. The molecule has 0 aliphatic carbocycles. The van der Waals surface area contributed by atoms with E-state index in [9.17, 15) is 10.2 Å². The van der Waals surface area contributed by atoms with Crippen molar-refractivity contribution in [3.63, 3.8) is 0 Å². The number of hydrogen-bond acceptors (Lipinski definition) is 2. The monoisotopic (exact) mass is 234 g/mol. The van der Waals surface area contributed by atoms with E-state index in [0.717, 1.165) is 5.56 Å². The molecule has 2 unspecified atom stereocenters. The molecule has 1 aromatic carbocycles. The smallest absolute Gasteiger partial charge is 0.106 e. The first-order valence-corrected chi connectivity index (χ1v) is 5.16. The number of alkyl halides is 1. The summed E-state index contributed by atoms with van der Waals surface area (Å²) < 4.78 is 0. The van der Waals surface area contributed by atoms with Gasteiger partial charge in [0.1, 0.15) is 6.10 Å². The maximum absolute atomic E-state index is 9.70. The second kappa shape index (κ2) is 4.99. The number of benzene rings is 1. The fourth-order valence-electron chi connectivity index (χ4n) is 1.24. The largest absolute Gasteiger partial charge is 0.389 e. The highest BCUT2D eigenvalue weighted by atomic mass is 35.5. The van der Waals surface area contributed by atoms with Crippen molar-refractivity contribution in [2.45, 2.75) is 19.1 Å². The average molecular weight is 235 g/mol. The summed E-state index contributed by atoms with van der Waals surface area (Å²) in [4.78, 5) is 0. The van der Waals surface area contributed by atoms with Crippen molar-refractivity contribution in [3.8, 4) is 0 Å². The fourth-order valence-corrected chi connectivity index (χ4v) is 1.59. The van der Waals surface area contributed by atoms with Crippen LogP contribution in [0.4, 0.5) is 0 Å². The van der Waals surface area contributed by atoms with E-state index in [-0.39, 0.29) is 5.88 Å². The molecule has 0 fully saturated rings. The molecule has 0 aromatic heterocycles. The molecule has 0 saturated carbocycles. The van der Waals surface area contributed by atoms with Gasteiger partial charge < -0.3 is 10.2 Å². The quantitative estimate of drug-likeness (QED) is 0.789. The van der Waals surface area contributed by atoms with Crippen molar-refractivity contribution >= 4 is 23.2 Å². The first kappa shape index (κ1) is 11.8. The lowest BCUT2D eigenvalue weighted by Crippen LogP contribution is -2.20. The van der Waals surface area contributed by atoms with Gasteiger partial charge >= 0.3 is 0 Å². The molecule has 0 bridgehead atoms. The minimum Gasteiger partial charge on any atom is -0.389 e. The number of aliphatic hydroxyl groups is 2. The molecule has 2 atom stereocenters. The van der Waals surface area contributed by atoms with E-state index in [4.69, 9.17) is 23.2 Å². The van der Waals surface area contributed by atoms with E-state index in [1.54, 1.807) is 25.1 Å². The van der Waals surface area contributed by atoms with Gasteiger partial charge in [0.2, 0.25) is 0 Å². The highest BCUT2D eigenvalue weighted by Gasteiger charge is 2.19. The molecule has 1 rings (SSSR count). The Morgan fingerprint density at radius 2 is 2.00 bits per heavy atom. The summed E-state index contributed by atoms with van der Waals surface area (Å²) in [6, 6.07) is 5.19. The minimum absolute atomic E-state index is 0.00683. The molecule has 4 heteroatoms. The fraction of sp³-hybridized carbons (Fsp3) is 0.400. The molecule has 0 heterocycles. The third-order valence-corrected chi connectivity index (χ3v) is 2.88. The van der Waals surface area contributed by atoms with Crippen LogP contribution >= 0.6 is 23.2 Å². The van der Waals surface area contributed by atoms with E-state index in [1.807, 2.05) is 0 Å².